The molecule has 0 amide bonds. The average molecular weight is 1130 g/mol. The number of benzene rings is 3. The number of hydrogen-bond acceptors (Lipinski definition) is 7. The van der Waals surface area contributed by atoms with Crippen molar-refractivity contribution in [3.63, 3.8) is 0 Å². The maximum atomic E-state index is 14.4. The molecule has 3 aromatic carbocycles. The van der Waals surface area contributed by atoms with Crippen molar-refractivity contribution in [2.24, 2.45) is 14.1 Å². The summed E-state index contributed by atoms with van der Waals surface area (Å²) < 4.78 is 59.7. The van der Waals surface area contributed by atoms with Gasteiger partial charge in [-0.1, -0.05) is 77.9 Å². The Hall–Kier alpha value is -6.05. The largest absolute Gasteiger partial charge is 1.00 e. The van der Waals surface area contributed by atoms with E-state index in [1.807, 2.05) is 59.0 Å². The van der Waals surface area contributed by atoms with Gasteiger partial charge >= 0.3 is 29.6 Å². The molecule has 76 heavy (non-hydrogen) atoms. The fraction of sp³-hybridized carbons (Fsp3) is 0.164. The van der Waals surface area contributed by atoms with Crippen molar-refractivity contribution < 1.29 is 52.2 Å². The summed E-state index contributed by atoms with van der Waals surface area (Å²) in [7, 11) is -0.741. The molecule has 0 saturated heterocycles. The van der Waals surface area contributed by atoms with E-state index in [2.05, 4.69) is 24.9 Å². The minimum atomic E-state index is -4.04. The van der Waals surface area contributed by atoms with E-state index in [1.54, 1.807) is 61.6 Å². The second kappa shape index (κ2) is 21.4. The number of fused-ring (bicyclic) bond motifs is 4. The van der Waals surface area contributed by atoms with E-state index in [9.17, 15) is 26.8 Å². The summed E-state index contributed by atoms with van der Waals surface area (Å²) in [5, 5.41) is 3.69. The van der Waals surface area contributed by atoms with Crippen molar-refractivity contribution in [1.82, 2.24) is 38.0 Å². The molecule has 2 unspecified atom stereocenters. The Morgan fingerprint density at radius 1 is 0.618 bits per heavy atom. The predicted octanol–water partition coefficient (Wildman–Crippen LogP) is 10.5. The van der Waals surface area contributed by atoms with E-state index in [0.29, 0.717) is 54.5 Å². The van der Waals surface area contributed by atoms with Crippen molar-refractivity contribution in [3.05, 3.63) is 202 Å². The van der Waals surface area contributed by atoms with Gasteiger partial charge in [0, 0.05) is 128 Å². The molecule has 0 fully saturated rings. The molecule has 0 aliphatic heterocycles. The molecule has 11 rings (SSSR count). The number of pyridine rings is 4. The maximum absolute atomic E-state index is 14.4. The van der Waals surface area contributed by atoms with Gasteiger partial charge in [-0.3, -0.25) is 9.59 Å². The van der Waals surface area contributed by atoms with E-state index in [1.165, 1.54) is 47.2 Å². The van der Waals surface area contributed by atoms with E-state index in [-0.39, 0.29) is 72.9 Å². The Kier molecular flexibility index (Phi) is 15.8. The third-order valence-corrected chi connectivity index (χ3v) is 16.9. The van der Waals surface area contributed by atoms with Gasteiger partial charge in [-0.05, 0) is 104 Å². The van der Waals surface area contributed by atoms with Crippen molar-refractivity contribution in [1.29, 1.82) is 0 Å². The molecular formula is C55H45Cl4F2N8NaO5S. The van der Waals surface area contributed by atoms with Gasteiger partial charge in [0.15, 0.2) is 0 Å². The van der Waals surface area contributed by atoms with Crippen LogP contribution in [0.15, 0.2) is 124 Å². The number of rotatable bonds is 8. The van der Waals surface area contributed by atoms with Crippen LogP contribution in [0.1, 0.15) is 64.9 Å². The molecule has 0 aliphatic rings. The number of nitrogens with one attached hydrogen (secondary N) is 3. The van der Waals surface area contributed by atoms with Crippen LogP contribution < -0.4 is 40.7 Å². The minimum Gasteiger partial charge on any atom is -0.870 e. The monoisotopic (exact) mass is 1130 g/mol. The van der Waals surface area contributed by atoms with Crippen LogP contribution in [0.3, 0.4) is 0 Å². The molecule has 0 bridgehead atoms. The second-order valence-electron chi connectivity index (χ2n) is 18.4. The molecule has 0 spiro atoms. The maximum Gasteiger partial charge on any atom is 1.00 e. The summed E-state index contributed by atoms with van der Waals surface area (Å²) in [6, 6.07) is 19.4. The summed E-state index contributed by atoms with van der Waals surface area (Å²) in [4.78, 5) is 44.7. The third kappa shape index (κ3) is 9.51. The van der Waals surface area contributed by atoms with Crippen LogP contribution in [0.2, 0.25) is 20.1 Å². The molecule has 384 valence electrons. The van der Waals surface area contributed by atoms with Gasteiger partial charge in [-0.2, -0.15) is 0 Å². The first-order valence-corrected chi connectivity index (χ1v) is 26.1. The summed E-state index contributed by atoms with van der Waals surface area (Å²) in [5.41, 5.74) is 9.83. The van der Waals surface area contributed by atoms with Gasteiger partial charge in [0.25, 0.3) is 21.1 Å². The normalized spacial score (nSPS) is 12.4. The zero-order valence-electron chi connectivity index (χ0n) is 42.0. The minimum absolute atomic E-state index is 0. The summed E-state index contributed by atoms with van der Waals surface area (Å²) in [6.45, 7) is 9.56. The number of nitrogens with zero attached hydrogens (tertiary/aromatic N) is 5. The zero-order chi connectivity index (χ0) is 52.8. The molecule has 2 atom stereocenters. The summed E-state index contributed by atoms with van der Waals surface area (Å²) in [6.07, 6.45) is 10.1. The van der Waals surface area contributed by atoms with Gasteiger partial charge in [-0.25, -0.2) is 31.1 Å². The molecule has 13 nitrogen and oxygen atoms in total. The van der Waals surface area contributed by atoms with E-state index >= 15 is 0 Å². The van der Waals surface area contributed by atoms with Gasteiger partial charge in [0.05, 0.1) is 14.9 Å². The van der Waals surface area contributed by atoms with Crippen LogP contribution in [0.25, 0.3) is 66.1 Å². The molecule has 11 aromatic rings. The molecule has 4 N–H and O–H groups in total. The molecule has 0 radical (unpaired) electrons. The smallest absolute Gasteiger partial charge is 0.870 e. The first kappa shape index (κ1) is 56.2. The Morgan fingerprint density at radius 3 is 1.59 bits per heavy atom. The first-order valence-electron chi connectivity index (χ1n) is 23.1. The second-order valence-corrected chi connectivity index (χ2v) is 21.8. The Labute approximate surface area is 476 Å². The third-order valence-electron chi connectivity index (χ3n) is 13.7. The zero-order valence-corrected chi connectivity index (χ0v) is 47.9. The predicted molar refractivity (Wildman–Crippen MR) is 294 cm³/mol. The number of aryl methyl sites for hydroxylation is 5. The van der Waals surface area contributed by atoms with Crippen molar-refractivity contribution in [2.75, 3.05) is 0 Å². The van der Waals surface area contributed by atoms with Crippen LogP contribution in [0.4, 0.5) is 8.78 Å². The van der Waals surface area contributed by atoms with Gasteiger partial charge in [0.2, 0.25) is 0 Å². The number of aromatic amines is 3. The molecule has 0 saturated carbocycles. The average Bonchev–Trinajstić information content (AvgIpc) is 4.22. The molecule has 8 aromatic heterocycles. The number of halogens is 6. The van der Waals surface area contributed by atoms with Crippen molar-refractivity contribution in [2.45, 2.75) is 51.3 Å². The van der Waals surface area contributed by atoms with Crippen LogP contribution in [-0.2, 0) is 24.1 Å². The van der Waals surface area contributed by atoms with Crippen molar-refractivity contribution >= 4 is 100 Å². The number of hydrogen-bond donors (Lipinski definition) is 3. The molecule has 8 heterocycles. The molecular weight excluding hydrogens is 1090 g/mol. The Morgan fingerprint density at radius 2 is 1.09 bits per heavy atom. The van der Waals surface area contributed by atoms with Gasteiger partial charge < -0.3 is 29.6 Å². The van der Waals surface area contributed by atoms with E-state index in [0.717, 1.165) is 59.3 Å². The number of H-pyrrole nitrogens is 3. The number of aromatic nitrogens is 8. The molecule has 0 aliphatic carbocycles. The van der Waals surface area contributed by atoms with E-state index < -0.39 is 27.2 Å². The van der Waals surface area contributed by atoms with Crippen LogP contribution in [0.5, 0.6) is 0 Å². The van der Waals surface area contributed by atoms with Crippen LogP contribution >= 0.6 is 46.4 Å². The fourth-order valence-corrected chi connectivity index (χ4v) is 12.8. The summed E-state index contributed by atoms with van der Waals surface area (Å²) in [5.74, 6) is -1.72. The van der Waals surface area contributed by atoms with Gasteiger partial charge in [0.1, 0.15) is 34.0 Å². The Balaban J connectivity index is 0.000000203. The fourth-order valence-electron chi connectivity index (χ4n) is 10.1. The summed E-state index contributed by atoms with van der Waals surface area (Å²) >= 11 is 25.6. The first-order chi connectivity index (χ1) is 35.2. The van der Waals surface area contributed by atoms with Gasteiger partial charge in [-0.15, -0.1) is 0 Å². The van der Waals surface area contributed by atoms with Crippen LogP contribution in [0, 0.1) is 32.4 Å². The van der Waals surface area contributed by atoms with Crippen LogP contribution in [-0.4, -0.2) is 51.9 Å². The molecule has 21 heteroatoms. The standard InChI is InChI=1S/C31H25Cl2FN4O3S.C24H19Cl2FN4O.Na.H2O/c1-16-5-7-20(8-6-16)42(40,41)38-12-11-21-23(15-37(4)31(39)29(21)38)19-13-22-26(18(3)36-30(22)35-14-19)17(2)27-24(32)9-10-25(34)28(27)33;1-11(20-17(25)4-5-18(27)21(20)26)19-12(2)30-23-15(19)8-13(9-29-23)16-10-31(3)24(32)22-14(16)6-7-28-22;;/h5-15,17H,1-4H3,(H,35,36);4-11,28H,1-3H3,(H,29,30);;1H2/q;;+1;/p-1. The SMILES string of the molecule is Cc1[nH]c2ncc(-c3cn(C)c(=O)c4[nH]ccc34)cc2c1C(C)c1c(Cl)ccc(F)c1Cl.Cc1ccc(S(=O)(=O)n2ccc3c(-c4cnc5[nH]c(C)c(C(C)c6c(Cl)ccc(F)c6Cl)c5c4)cn(C)c(=O)c32)cc1.[Na+].[OH-]. The topological polar surface area (TPSA) is 186 Å². The quantitative estimate of drug-likeness (QED) is 0.0998. The Bertz CT molecular complexity index is 4360. The van der Waals surface area contributed by atoms with E-state index in [4.69, 9.17) is 46.4 Å². The van der Waals surface area contributed by atoms with Crippen molar-refractivity contribution in [3.8, 4) is 22.3 Å².